The minimum Gasteiger partial charge on any atom is -0.463 e. The average molecular weight is 397 g/mol. The number of carbonyl (C=O) groups excluding carboxylic acids is 2. The number of hydrogen-bond acceptors (Lipinski definition) is 6. The van der Waals surface area contributed by atoms with Crippen LogP contribution in [-0.2, 0) is 16.1 Å². The van der Waals surface area contributed by atoms with Gasteiger partial charge in [0.2, 0.25) is 5.91 Å². The Morgan fingerprint density at radius 3 is 2.89 bits per heavy atom. The topological polar surface area (TPSA) is 84.7 Å². The summed E-state index contributed by atoms with van der Waals surface area (Å²) in [5, 5.41) is 5.09. The number of aromatic nitrogens is 1. The number of rotatable bonds is 5. The summed E-state index contributed by atoms with van der Waals surface area (Å²) in [6.45, 7) is 0.685. The van der Waals surface area contributed by atoms with Crippen molar-refractivity contribution in [3.05, 3.63) is 59.7 Å². The lowest BCUT2D eigenvalue weighted by Gasteiger charge is -2.22. The summed E-state index contributed by atoms with van der Waals surface area (Å²) in [6.07, 6.45) is 2.46. The third kappa shape index (κ3) is 4.07. The Labute approximate surface area is 165 Å². The number of amides is 2. The second-order valence-corrected chi connectivity index (χ2v) is 7.25. The smallest absolute Gasteiger partial charge is 0.410 e. The van der Waals surface area contributed by atoms with Gasteiger partial charge in [-0.1, -0.05) is 30.3 Å². The van der Waals surface area contributed by atoms with Crippen LogP contribution >= 0.6 is 11.3 Å². The monoisotopic (exact) mass is 397 g/mol. The van der Waals surface area contributed by atoms with Gasteiger partial charge in [-0.2, -0.15) is 0 Å². The lowest BCUT2D eigenvalue weighted by atomic mass is 10.2. The summed E-state index contributed by atoms with van der Waals surface area (Å²) < 4.78 is 10.7. The number of nitrogens with zero attached hydrogens (tertiary/aromatic N) is 2. The molecule has 0 aliphatic carbocycles. The molecule has 1 atom stereocenters. The second kappa shape index (κ2) is 8.26. The van der Waals surface area contributed by atoms with Crippen LogP contribution in [-0.4, -0.2) is 34.5 Å². The molecule has 2 amide bonds. The summed E-state index contributed by atoms with van der Waals surface area (Å²) in [5.74, 6) is 0.387. The Bertz CT molecular complexity index is 940. The SMILES string of the molecule is O=C(Nc1nc(-c2ccco2)cs1)[C@@H]1CCCN1C(=O)OCc1ccccc1. The molecule has 1 aliphatic heterocycles. The zero-order valence-electron chi connectivity index (χ0n) is 15.0. The summed E-state index contributed by atoms with van der Waals surface area (Å²) in [7, 11) is 0. The second-order valence-electron chi connectivity index (χ2n) is 6.40. The highest BCUT2D eigenvalue weighted by atomic mass is 32.1. The highest BCUT2D eigenvalue weighted by molar-refractivity contribution is 7.14. The van der Waals surface area contributed by atoms with Gasteiger partial charge in [0.05, 0.1) is 6.26 Å². The van der Waals surface area contributed by atoms with Crippen LogP contribution in [0.1, 0.15) is 18.4 Å². The molecule has 4 rings (SSSR count). The minimum atomic E-state index is -0.556. The molecule has 1 saturated heterocycles. The third-order valence-electron chi connectivity index (χ3n) is 4.50. The van der Waals surface area contributed by atoms with Crippen LogP contribution in [0.4, 0.5) is 9.93 Å². The van der Waals surface area contributed by atoms with Gasteiger partial charge in [0.25, 0.3) is 0 Å². The molecule has 7 nitrogen and oxygen atoms in total. The number of benzene rings is 1. The van der Waals surface area contributed by atoms with Gasteiger partial charge in [-0.3, -0.25) is 9.69 Å². The summed E-state index contributed by atoms with van der Waals surface area (Å²) >= 11 is 1.31. The van der Waals surface area contributed by atoms with Gasteiger partial charge in [-0.05, 0) is 30.5 Å². The molecule has 2 aromatic heterocycles. The average Bonchev–Trinajstić information content (AvgIpc) is 3.47. The lowest BCUT2D eigenvalue weighted by Crippen LogP contribution is -2.43. The highest BCUT2D eigenvalue weighted by Crippen LogP contribution is 2.26. The molecule has 1 aromatic carbocycles. The molecule has 0 saturated carbocycles. The van der Waals surface area contributed by atoms with Gasteiger partial charge in [0.15, 0.2) is 10.9 Å². The largest absolute Gasteiger partial charge is 0.463 e. The number of thiazole rings is 1. The van der Waals surface area contributed by atoms with E-state index in [0.717, 1.165) is 12.0 Å². The molecule has 0 unspecified atom stereocenters. The van der Waals surface area contributed by atoms with E-state index in [1.54, 1.807) is 12.3 Å². The number of likely N-dealkylation sites (tertiary alicyclic amines) is 1. The molecule has 0 radical (unpaired) electrons. The van der Waals surface area contributed by atoms with Gasteiger partial charge in [0, 0.05) is 11.9 Å². The van der Waals surface area contributed by atoms with Crippen molar-refractivity contribution < 1.29 is 18.7 Å². The normalized spacial score (nSPS) is 16.1. The fourth-order valence-electron chi connectivity index (χ4n) is 3.12. The number of furan rings is 1. The Kier molecular flexibility index (Phi) is 5.38. The number of anilines is 1. The van der Waals surface area contributed by atoms with Crippen molar-refractivity contribution in [1.29, 1.82) is 0 Å². The first-order valence-corrected chi connectivity index (χ1v) is 9.86. The van der Waals surface area contributed by atoms with E-state index < -0.39 is 12.1 Å². The first-order valence-electron chi connectivity index (χ1n) is 8.98. The van der Waals surface area contributed by atoms with E-state index in [1.807, 2.05) is 41.8 Å². The van der Waals surface area contributed by atoms with Crippen molar-refractivity contribution in [3.8, 4) is 11.5 Å². The van der Waals surface area contributed by atoms with Crippen LogP contribution in [0, 0.1) is 0 Å². The quantitative estimate of drug-likeness (QED) is 0.699. The number of nitrogens with one attached hydrogen (secondary N) is 1. The molecular weight excluding hydrogens is 378 g/mol. The minimum absolute atomic E-state index is 0.184. The molecule has 0 spiro atoms. The van der Waals surface area contributed by atoms with Crippen LogP contribution in [0.5, 0.6) is 0 Å². The van der Waals surface area contributed by atoms with E-state index in [0.29, 0.717) is 29.6 Å². The van der Waals surface area contributed by atoms with Gasteiger partial charge in [0.1, 0.15) is 18.3 Å². The molecule has 144 valence electrons. The molecule has 28 heavy (non-hydrogen) atoms. The van der Waals surface area contributed by atoms with Gasteiger partial charge in [-0.15, -0.1) is 11.3 Å². The standard InChI is InChI=1S/C20H19N3O4S/c24-18(22-19-21-15(13-28-19)17-9-5-11-26-17)16-8-4-10-23(16)20(25)27-12-14-6-2-1-3-7-14/h1-3,5-7,9,11,13,16H,4,8,10,12H2,(H,21,22,24)/t16-/m0/s1. The van der Waals surface area contributed by atoms with Crippen LogP contribution in [0.15, 0.2) is 58.5 Å². The van der Waals surface area contributed by atoms with E-state index >= 15 is 0 Å². The van der Waals surface area contributed by atoms with Crippen molar-refractivity contribution in [1.82, 2.24) is 9.88 Å². The molecule has 0 bridgehead atoms. The molecule has 3 aromatic rings. The predicted molar refractivity (Wildman–Crippen MR) is 105 cm³/mol. The first-order chi connectivity index (χ1) is 13.7. The highest BCUT2D eigenvalue weighted by Gasteiger charge is 2.35. The number of ether oxygens (including phenoxy) is 1. The van der Waals surface area contributed by atoms with Crippen molar-refractivity contribution in [2.45, 2.75) is 25.5 Å². The van der Waals surface area contributed by atoms with Crippen LogP contribution < -0.4 is 5.32 Å². The number of hydrogen-bond donors (Lipinski definition) is 1. The maximum Gasteiger partial charge on any atom is 0.410 e. The zero-order chi connectivity index (χ0) is 19.3. The van der Waals surface area contributed by atoms with Gasteiger partial charge >= 0.3 is 6.09 Å². The molecule has 1 aliphatic rings. The fourth-order valence-corrected chi connectivity index (χ4v) is 3.82. The maximum atomic E-state index is 12.7. The van der Waals surface area contributed by atoms with Gasteiger partial charge < -0.3 is 14.5 Å². The van der Waals surface area contributed by atoms with Crippen LogP contribution in [0.25, 0.3) is 11.5 Å². The first kappa shape index (κ1) is 18.2. The van der Waals surface area contributed by atoms with Crippen molar-refractivity contribution in [2.24, 2.45) is 0 Å². The van der Waals surface area contributed by atoms with E-state index in [-0.39, 0.29) is 12.5 Å². The predicted octanol–water partition coefficient (Wildman–Crippen LogP) is 4.14. The molecule has 3 heterocycles. The number of carbonyl (C=O) groups is 2. The molecule has 8 heteroatoms. The molecular formula is C20H19N3O4S. The Hall–Kier alpha value is -3.13. The van der Waals surface area contributed by atoms with E-state index in [1.165, 1.54) is 16.2 Å². The fraction of sp³-hybridized carbons (Fsp3) is 0.250. The van der Waals surface area contributed by atoms with E-state index in [9.17, 15) is 9.59 Å². The maximum absolute atomic E-state index is 12.7. The lowest BCUT2D eigenvalue weighted by molar-refractivity contribution is -0.120. The van der Waals surface area contributed by atoms with Crippen molar-refractivity contribution in [3.63, 3.8) is 0 Å². The van der Waals surface area contributed by atoms with Crippen molar-refractivity contribution >= 4 is 28.5 Å². The Morgan fingerprint density at radius 2 is 2.11 bits per heavy atom. The van der Waals surface area contributed by atoms with E-state index in [2.05, 4.69) is 10.3 Å². The molecule has 1 N–H and O–H groups in total. The van der Waals surface area contributed by atoms with Crippen LogP contribution in [0.2, 0.25) is 0 Å². The third-order valence-corrected chi connectivity index (χ3v) is 5.26. The summed E-state index contributed by atoms with van der Waals surface area (Å²) in [5.41, 5.74) is 1.57. The summed E-state index contributed by atoms with van der Waals surface area (Å²) in [6, 6.07) is 12.5. The van der Waals surface area contributed by atoms with Gasteiger partial charge in [-0.25, -0.2) is 9.78 Å². The Balaban J connectivity index is 1.36. The van der Waals surface area contributed by atoms with E-state index in [4.69, 9.17) is 9.15 Å². The van der Waals surface area contributed by atoms with Crippen molar-refractivity contribution in [2.75, 3.05) is 11.9 Å². The Morgan fingerprint density at radius 1 is 1.25 bits per heavy atom. The van der Waals surface area contributed by atoms with Crippen LogP contribution in [0.3, 0.4) is 0 Å². The summed E-state index contributed by atoms with van der Waals surface area (Å²) in [4.78, 5) is 31.0. The molecule has 1 fully saturated rings. The zero-order valence-corrected chi connectivity index (χ0v) is 15.9.